The van der Waals surface area contributed by atoms with Crippen LogP contribution < -0.4 is 4.74 Å². The summed E-state index contributed by atoms with van der Waals surface area (Å²) in [5.74, 6) is 3.44. The smallest absolute Gasteiger partial charge is 0.212 e. The van der Waals surface area contributed by atoms with Crippen LogP contribution in [0.1, 0.15) is 37.7 Å². The fourth-order valence-corrected chi connectivity index (χ4v) is 4.96. The zero-order valence-corrected chi connectivity index (χ0v) is 15.2. The van der Waals surface area contributed by atoms with Crippen molar-refractivity contribution in [1.82, 2.24) is 14.8 Å². The molecule has 1 aromatic rings. The zero-order valence-electron chi connectivity index (χ0n) is 15.2. The molecule has 2 saturated carbocycles. The number of ether oxygens (including phenoxy) is 1. The molecule has 132 valence electrons. The minimum atomic E-state index is 0.706. The van der Waals surface area contributed by atoms with E-state index in [1.165, 1.54) is 57.3 Å². The van der Waals surface area contributed by atoms with Gasteiger partial charge in [-0.3, -0.25) is 4.90 Å². The van der Waals surface area contributed by atoms with Gasteiger partial charge in [-0.25, -0.2) is 4.98 Å². The standard InChI is InChI=1S/C20H31N3O/c1-22(18-7-8-18)12-16-4-3-5-17-13-23(14-19(16)17)11-15-6-9-20(24-2)21-10-15/h6,9-10,16-19H,3-5,7-8,11-14H2,1-2H3/t16-,17+,19+/m0/s1. The third kappa shape index (κ3) is 3.60. The third-order valence-corrected chi connectivity index (χ3v) is 6.43. The van der Waals surface area contributed by atoms with Crippen LogP contribution in [0.4, 0.5) is 0 Å². The molecule has 0 bridgehead atoms. The monoisotopic (exact) mass is 329 g/mol. The van der Waals surface area contributed by atoms with Crippen LogP contribution in [-0.4, -0.2) is 54.6 Å². The lowest BCUT2D eigenvalue weighted by Crippen LogP contribution is -2.36. The molecule has 2 heterocycles. The van der Waals surface area contributed by atoms with E-state index >= 15 is 0 Å². The van der Waals surface area contributed by atoms with Gasteiger partial charge in [-0.2, -0.15) is 0 Å². The lowest BCUT2D eigenvalue weighted by atomic mass is 9.73. The molecule has 4 nitrogen and oxygen atoms in total. The first-order chi connectivity index (χ1) is 11.7. The van der Waals surface area contributed by atoms with E-state index < -0.39 is 0 Å². The summed E-state index contributed by atoms with van der Waals surface area (Å²) in [6, 6.07) is 5.03. The predicted molar refractivity (Wildman–Crippen MR) is 96.0 cm³/mol. The topological polar surface area (TPSA) is 28.6 Å². The summed E-state index contributed by atoms with van der Waals surface area (Å²) in [5, 5.41) is 0. The van der Waals surface area contributed by atoms with Crippen LogP contribution in [0.2, 0.25) is 0 Å². The maximum absolute atomic E-state index is 5.16. The van der Waals surface area contributed by atoms with Gasteiger partial charge >= 0.3 is 0 Å². The number of hydrogen-bond donors (Lipinski definition) is 0. The lowest BCUT2D eigenvalue weighted by molar-refractivity contribution is 0.143. The summed E-state index contributed by atoms with van der Waals surface area (Å²) in [6.07, 6.45) is 9.13. The summed E-state index contributed by atoms with van der Waals surface area (Å²) in [5.41, 5.74) is 1.31. The quantitative estimate of drug-likeness (QED) is 0.802. The Morgan fingerprint density at radius 1 is 1.21 bits per heavy atom. The minimum absolute atomic E-state index is 0.706. The molecule has 1 saturated heterocycles. The first-order valence-corrected chi connectivity index (χ1v) is 9.64. The fraction of sp³-hybridized carbons (Fsp3) is 0.750. The first-order valence-electron chi connectivity index (χ1n) is 9.64. The largest absolute Gasteiger partial charge is 0.481 e. The van der Waals surface area contributed by atoms with Crippen LogP contribution in [-0.2, 0) is 6.54 Å². The van der Waals surface area contributed by atoms with Crippen LogP contribution in [0.15, 0.2) is 18.3 Å². The van der Waals surface area contributed by atoms with Gasteiger partial charge in [-0.15, -0.1) is 0 Å². The van der Waals surface area contributed by atoms with E-state index in [2.05, 4.69) is 27.9 Å². The van der Waals surface area contributed by atoms with Gasteiger partial charge < -0.3 is 9.64 Å². The van der Waals surface area contributed by atoms with Crippen molar-refractivity contribution >= 4 is 0 Å². The second-order valence-corrected chi connectivity index (χ2v) is 8.19. The summed E-state index contributed by atoms with van der Waals surface area (Å²) < 4.78 is 5.16. The Morgan fingerprint density at radius 2 is 2.08 bits per heavy atom. The van der Waals surface area contributed by atoms with Crippen LogP contribution >= 0.6 is 0 Å². The second-order valence-electron chi connectivity index (χ2n) is 8.19. The first kappa shape index (κ1) is 16.3. The van der Waals surface area contributed by atoms with Crippen molar-refractivity contribution in [2.45, 2.75) is 44.7 Å². The molecule has 3 atom stereocenters. The molecule has 1 aromatic heterocycles. The van der Waals surface area contributed by atoms with Crippen molar-refractivity contribution in [2.24, 2.45) is 17.8 Å². The molecule has 1 aliphatic heterocycles. The average Bonchev–Trinajstić information content (AvgIpc) is 3.36. The number of rotatable bonds is 6. The third-order valence-electron chi connectivity index (χ3n) is 6.43. The van der Waals surface area contributed by atoms with Gasteiger partial charge in [0, 0.05) is 44.5 Å². The van der Waals surface area contributed by atoms with Crippen LogP contribution in [0.25, 0.3) is 0 Å². The second kappa shape index (κ2) is 7.01. The van der Waals surface area contributed by atoms with E-state index in [0.717, 1.165) is 30.3 Å². The Balaban J connectivity index is 1.35. The Kier molecular flexibility index (Phi) is 4.77. The van der Waals surface area contributed by atoms with E-state index in [1.807, 2.05) is 12.3 Å². The highest BCUT2D eigenvalue weighted by molar-refractivity contribution is 5.17. The van der Waals surface area contributed by atoms with Crippen molar-refractivity contribution in [2.75, 3.05) is 33.8 Å². The van der Waals surface area contributed by atoms with Crippen LogP contribution in [0.5, 0.6) is 5.88 Å². The fourth-order valence-electron chi connectivity index (χ4n) is 4.96. The van der Waals surface area contributed by atoms with Crippen molar-refractivity contribution in [3.05, 3.63) is 23.9 Å². The van der Waals surface area contributed by atoms with Crippen molar-refractivity contribution in [1.29, 1.82) is 0 Å². The van der Waals surface area contributed by atoms with E-state index in [0.29, 0.717) is 5.88 Å². The van der Waals surface area contributed by atoms with E-state index in [4.69, 9.17) is 4.74 Å². The molecule has 2 aliphatic carbocycles. The molecule has 0 N–H and O–H groups in total. The summed E-state index contributed by atoms with van der Waals surface area (Å²) in [4.78, 5) is 9.66. The molecule has 0 aromatic carbocycles. The molecular formula is C20H31N3O. The number of hydrogen-bond acceptors (Lipinski definition) is 4. The van der Waals surface area contributed by atoms with Crippen LogP contribution in [0, 0.1) is 17.8 Å². The molecule has 0 unspecified atom stereocenters. The lowest BCUT2D eigenvalue weighted by Gasteiger charge is -2.35. The summed E-state index contributed by atoms with van der Waals surface area (Å²) in [6.45, 7) is 4.92. The van der Waals surface area contributed by atoms with E-state index in [1.54, 1.807) is 7.11 Å². The number of pyridine rings is 1. The highest BCUT2D eigenvalue weighted by atomic mass is 16.5. The van der Waals surface area contributed by atoms with Gasteiger partial charge in [0.15, 0.2) is 0 Å². The Hall–Kier alpha value is -1.13. The van der Waals surface area contributed by atoms with Gasteiger partial charge in [0.25, 0.3) is 0 Å². The summed E-state index contributed by atoms with van der Waals surface area (Å²) >= 11 is 0. The number of methoxy groups -OCH3 is 1. The maximum Gasteiger partial charge on any atom is 0.212 e. The Bertz CT molecular complexity index is 542. The van der Waals surface area contributed by atoms with Gasteiger partial charge in [0.2, 0.25) is 5.88 Å². The predicted octanol–water partition coefficient (Wildman–Crippen LogP) is 3.03. The Labute approximate surface area is 146 Å². The molecule has 0 radical (unpaired) electrons. The SMILES string of the molecule is COc1ccc(CN2C[C@H]3CCC[C@@H](CN(C)C4CC4)[C@H]3C2)cn1. The summed E-state index contributed by atoms with van der Waals surface area (Å²) in [7, 11) is 4.02. The van der Waals surface area contributed by atoms with Gasteiger partial charge in [0.1, 0.15) is 0 Å². The number of fused-ring (bicyclic) bond motifs is 1. The van der Waals surface area contributed by atoms with Gasteiger partial charge in [-0.1, -0.05) is 12.5 Å². The minimum Gasteiger partial charge on any atom is -0.481 e. The maximum atomic E-state index is 5.16. The zero-order chi connectivity index (χ0) is 16.5. The number of likely N-dealkylation sites (tertiary alicyclic amines) is 1. The van der Waals surface area contributed by atoms with Crippen molar-refractivity contribution in [3.8, 4) is 5.88 Å². The molecular weight excluding hydrogens is 298 g/mol. The number of nitrogens with zero attached hydrogens (tertiary/aromatic N) is 3. The molecule has 3 aliphatic rings. The molecule has 24 heavy (non-hydrogen) atoms. The van der Waals surface area contributed by atoms with Crippen LogP contribution in [0.3, 0.4) is 0 Å². The molecule has 0 spiro atoms. The normalized spacial score (nSPS) is 30.5. The van der Waals surface area contributed by atoms with Gasteiger partial charge in [-0.05, 0) is 56.0 Å². The van der Waals surface area contributed by atoms with Gasteiger partial charge in [0.05, 0.1) is 7.11 Å². The number of aromatic nitrogens is 1. The van der Waals surface area contributed by atoms with E-state index in [-0.39, 0.29) is 0 Å². The average molecular weight is 329 g/mol. The van der Waals surface area contributed by atoms with Crippen molar-refractivity contribution in [3.63, 3.8) is 0 Å². The molecule has 4 rings (SSSR count). The van der Waals surface area contributed by atoms with Crippen molar-refractivity contribution < 1.29 is 4.74 Å². The van der Waals surface area contributed by atoms with E-state index in [9.17, 15) is 0 Å². The molecule has 3 fully saturated rings. The Morgan fingerprint density at radius 3 is 2.79 bits per heavy atom. The highest BCUT2D eigenvalue weighted by Gasteiger charge is 2.41. The highest BCUT2D eigenvalue weighted by Crippen LogP contribution is 2.41. The molecule has 4 heteroatoms. The molecule has 0 amide bonds.